The van der Waals surface area contributed by atoms with Crippen LogP contribution in [0.2, 0.25) is 0 Å². The van der Waals surface area contributed by atoms with Crippen molar-refractivity contribution in [2.45, 2.75) is 12.3 Å². The summed E-state index contributed by atoms with van der Waals surface area (Å²) < 4.78 is 6.16. The first-order valence-corrected chi connectivity index (χ1v) is 8.66. The number of carbonyl (C=O) groups excluding carboxylic acids is 1. The maximum Gasteiger partial charge on any atom is 0.211 e. The largest absolute Gasteiger partial charge is 0.497 e. The Labute approximate surface area is 149 Å². The van der Waals surface area contributed by atoms with Crippen molar-refractivity contribution in [3.63, 3.8) is 0 Å². The zero-order valence-corrected chi connectivity index (χ0v) is 14.5. The van der Waals surface area contributed by atoms with Crippen LogP contribution in [0, 0.1) is 10.1 Å². The van der Waals surface area contributed by atoms with Crippen LogP contribution in [0.1, 0.15) is 27.6 Å². The first kappa shape index (κ1) is 17.1. The zero-order valence-electron chi connectivity index (χ0n) is 13.7. The molecule has 0 aliphatic carbocycles. The van der Waals surface area contributed by atoms with Gasteiger partial charge in [0.1, 0.15) is 5.75 Å². The van der Waals surface area contributed by atoms with Gasteiger partial charge in [0.15, 0.2) is 5.78 Å². The molecule has 1 heterocycles. The fourth-order valence-corrected chi connectivity index (χ4v) is 3.91. The van der Waals surface area contributed by atoms with Crippen LogP contribution in [0.15, 0.2) is 54.6 Å². The molecule has 0 radical (unpaired) electrons. The molecule has 5 nitrogen and oxygen atoms in total. The van der Waals surface area contributed by atoms with Crippen LogP contribution < -0.4 is 4.74 Å². The Morgan fingerprint density at radius 1 is 1.20 bits per heavy atom. The number of thiophene rings is 1. The third kappa shape index (κ3) is 4.03. The summed E-state index contributed by atoms with van der Waals surface area (Å²) in [4.78, 5) is 24.2. The lowest BCUT2D eigenvalue weighted by molar-refractivity contribution is -0.483. The number of ketones is 1. The fraction of sp³-hybridized carbons (Fsp3) is 0.211. The summed E-state index contributed by atoms with van der Waals surface area (Å²) >= 11 is 1.51. The lowest BCUT2D eigenvalue weighted by atomic mass is 9.96. The number of rotatable bonds is 7. The summed E-state index contributed by atoms with van der Waals surface area (Å²) in [5.41, 5.74) is 0.537. The number of methoxy groups -OCH3 is 1. The van der Waals surface area contributed by atoms with Crippen molar-refractivity contribution >= 4 is 27.2 Å². The van der Waals surface area contributed by atoms with E-state index >= 15 is 0 Å². The molecule has 0 fully saturated rings. The van der Waals surface area contributed by atoms with Gasteiger partial charge < -0.3 is 4.74 Å². The van der Waals surface area contributed by atoms with E-state index in [4.69, 9.17) is 4.74 Å². The molecule has 128 valence electrons. The van der Waals surface area contributed by atoms with Crippen LogP contribution in [0.5, 0.6) is 5.75 Å². The molecule has 0 spiro atoms. The maximum atomic E-state index is 12.6. The van der Waals surface area contributed by atoms with Gasteiger partial charge in [-0.2, -0.15) is 0 Å². The van der Waals surface area contributed by atoms with Gasteiger partial charge in [-0.3, -0.25) is 14.9 Å². The number of carbonyl (C=O) groups is 1. The number of Topliss-reactive ketones (excluding diaryl/α,β-unsaturated/α-hetero) is 1. The average molecular weight is 355 g/mol. The van der Waals surface area contributed by atoms with Crippen molar-refractivity contribution in [2.24, 2.45) is 0 Å². The molecule has 1 aromatic heterocycles. The van der Waals surface area contributed by atoms with E-state index in [1.807, 2.05) is 30.3 Å². The number of hydrogen-bond donors (Lipinski definition) is 0. The summed E-state index contributed by atoms with van der Waals surface area (Å²) in [6.45, 7) is -0.255. The molecule has 0 aliphatic heterocycles. The molecule has 1 atom stereocenters. The summed E-state index contributed by atoms with van der Waals surface area (Å²) in [6.07, 6.45) is 0.111. The molecule has 3 aromatic rings. The van der Waals surface area contributed by atoms with Crippen molar-refractivity contribution < 1.29 is 14.5 Å². The van der Waals surface area contributed by atoms with E-state index in [0.29, 0.717) is 11.3 Å². The van der Waals surface area contributed by atoms with E-state index in [9.17, 15) is 14.9 Å². The first-order valence-electron chi connectivity index (χ1n) is 7.84. The first-order chi connectivity index (χ1) is 12.1. The molecular formula is C19H17NO4S. The van der Waals surface area contributed by atoms with Crippen LogP contribution >= 0.6 is 11.3 Å². The molecular weight excluding hydrogens is 338 g/mol. The van der Waals surface area contributed by atoms with Crippen LogP contribution in [-0.2, 0) is 0 Å². The number of fused-ring (bicyclic) bond motifs is 1. The van der Waals surface area contributed by atoms with Crippen LogP contribution in [0.25, 0.3) is 10.1 Å². The second-order valence-electron chi connectivity index (χ2n) is 5.75. The van der Waals surface area contributed by atoms with Crippen molar-refractivity contribution in [3.05, 3.63) is 75.2 Å². The monoisotopic (exact) mass is 355 g/mol. The third-order valence-electron chi connectivity index (χ3n) is 4.06. The van der Waals surface area contributed by atoms with Crippen LogP contribution in [-0.4, -0.2) is 24.4 Å². The smallest absolute Gasteiger partial charge is 0.211 e. The number of hydrogen-bond acceptors (Lipinski definition) is 5. The lowest BCUT2D eigenvalue weighted by Gasteiger charge is -2.10. The normalized spacial score (nSPS) is 12.0. The number of ether oxygens (including phenoxy) is 1. The van der Waals surface area contributed by atoms with Crippen molar-refractivity contribution in [1.29, 1.82) is 0 Å². The second kappa shape index (κ2) is 7.44. The van der Waals surface area contributed by atoms with E-state index in [2.05, 4.69) is 0 Å². The Morgan fingerprint density at radius 2 is 1.92 bits per heavy atom. The predicted molar refractivity (Wildman–Crippen MR) is 98.4 cm³/mol. The van der Waals surface area contributed by atoms with Crippen molar-refractivity contribution in [2.75, 3.05) is 13.7 Å². The quantitative estimate of drug-likeness (QED) is 0.354. The minimum Gasteiger partial charge on any atom is -0.497 e. The van der Waals surface area contributed by atoms with Gasteiger partial charge in [-0.25, -0.2) is 0 Å². The summed E-state index contributed by atoms with van der Waals surface area (Å²) in [5, 5.41) is 12.1. The standard InChI is InChI=1S/C19H17NO4S/c1-24-16-8-6-13(7-9-16)17(21)10-15(12-20(22)23)19-11-14-4-2-3-5-18(14)25-19/h2-9,11,15H,10,12H2,1H3. The van der Waals surface area contributed by atoms with Crippen molar-refractivity contribution in [3.8, 4) is 5.75 Å². The van der Waals surface area contributed by atoms with Gasteiger partial charge in [0, 0.05) is 26.5 Å². The molecule has 1 unspecified atom stereocenters. The molecule has 0 N–H and O–H groups in total. The Morgan fingerprint density at radius 3 is 2.56 bits per heavy atom. The fourth-order valence-electron chi connectivity index (χ4n) is 2.76. The van der Waals surface area contributed by atoms with Crippen LogP contribution in [0.3, 0.4) is 0 Å². The Balaban J connectivity index is 1.84. The Kier molecular flexibility index (Phi) is 5.09. The van der Waals surface area contributed by atoms with Gasteiger partial charge in [0.2, 0.25) is 6.54 Å². The molecule has 6 heteroatoms. The third-order valence-corrected chi connectivity index (χ3v) is 5.34. The molecule has 0 saturated heterocycles. The van der Waals surface area contributed by atoms with Crippen molar-refractivity contribution in [1.82, 2.24) is 0 Å². The molecule has 0 bridgehead atoms. The van der Waals surface area contributed by atoms with Gasteiger partial charge in [-0.1, -0.05) is 18.2 Å². The zero-order chi connectivity index (χ0) is 17.8. The molecule has 0 aliphatic rings. The highest BCUT2D eigenvalue weighted by Crippen LogP contribution is 2.33. The molecule has 25 heavy (non-hydrogen) atoms. The Hall–Kier alpha value is -2.73. The van der Waals surface area contributed by atoms with E-state index in [-0.39, 0.29) is 23.7 Å². The number of nitrogens with zero attached hydrogens (tertiary/aromatic N) is 1. The van der Waals surface area contributed by atoms with Gasteiger partial charge in [0.05, 0.1) is 13.0 Å². The van der Waals surface area contributed by atoms with E-state index < -0.39 is 5.92 Å². The van der Waals surface area contributed by atoms with Gasteiger partial charge in [-0.05, 0) is 41.8 Å². The second-order valence-corrected chi connectivity index (χ2v) is 6.87. The molecule has 0 amide bonds. The number of benzene rings is 2. The maximum absolute atomic E-state index is 12.6. The van der Waals surface area contributed by atoms with Crippen LogP contribution in [0.4, 0.5) is 0 Å². The van der Waals surface area contributed by atoms with E-state index in [1.54, 1.807) is 31.4 Å². The summed E-state index contributed by atoms with van der Waals surface area (Å²) in [7, 11) is 1.56. The highest BCUT2D eigenvalue weighted by atomic mass is 32.1. The molecule has 0 saturated carbocycles. The van der Waals surface area contributed by atoms with Gasteiger partial charge in [0.25, 0.3) is 0 Å². The Bertz CT molecular complexity index is 868. The SMILES string of the molecule is COc1ccc(C(=O)CC(C[N+](=O)[O-])c2cc3ccccc3s2)cc1. The molecule has 3 rings (SSSR count). The minimum atomic E-state index is -0.429. The average Bonchev–Trinajstić information content (AvgIpc) is 3.05. The highest BCUT2D eigenvalue weighted by Gasteiger charge is 2.24. The lowest BCUT2D eigenvalue weighted by Crippen LogP contribution is -2.15. The molecule has 2 aromatic carbocycles. The topological polar surface area (TPSA) is 69.4 Å². The summed E-state index contributed by atoms with van der Waals surface area (Å²) in [6, 6.07) is 16.6. The van der Waals surface area contributed by atoms with E-state index in [0.717, 1.165) is 15.0 Å². The number of nitro groups is 1. The van der Waals surface area contributed by atoms with Gasteiger partial charge >= 0.3 is 0 Å². The van der Waals surface area contributed by atoms with E-state index in [1.165, 1.54) is 11.3 Å². The van der Waals surface area contributed by atoms with Gasteiger partial charge in [-0.15, -0.1) is 11.3 Å². The predicted octanol–water partition coefficient (Wildman–Crippen LogP) is 4.54. The highest BCUT2D eigenvalue weighted by molar-refractivity contribution is 7.19. The summed E-state index contributed by atoms with van der Waals surface area (Å²) in [5.74, 6) is 0.136. The minimum absolute atomic E-state index is 0.105.